The molecule has 1 amide bonds. The molecular formula is C24H34N4O2. The van der Waals surface area contributed by atoms with Gasteiger partial charge < -0.3 is 20.3 Å². The third kappa shape index (κ3) is 7.78. The Morgan fingerprint density at radius 3 is 2.27 bits per heavy atom. The van der Waals surface area contributed by atoms with E-state index in [1.165, 1.54) is 5.56 Å². The van der Waals surface area contributed by atoms with Crippen molar-refractivity contribution in [1.29, 1.82) is 0 Å². The van der Waals surface area contributed by atoms with E-state index in [-0.39, 0.29) is 5.91 Å². The molecule has 0 spiro atoms. The summed E-state index contributed by atoms with van der Waals surface area (Å²) in [7, 11) is 5.27. The van der Waals surface area contributed by atoms with Crippen molar-refractivity contribution in [2.75, 3.05) is 34.3 Å². The van der Waals surface area contributed by atoms with Crippen molar-refractivity contribution < 1.29 is 9.53 Å². The van der Waals surface area contributed by atoms with Gasteiger partial charge in [0.1, 0.15) is 5.75 Å². The summed E-state index contributed by atoms with van der Waals surface area (Å²) in [5.74, 6) is 1.69. The third-order valence-corrected chi connectivity index (χ3v) is 4.69. The molecule has 2 rings (SSSR count). The van der Waals surface area contributed by atoms with Gasteiger partial charge in [0.05, 0.1) is 6.61 Å². The first kappa shape index (κ1) is 23.3. The molecule has 0 saturated heterocycles. The van der Waals surface area contributed by atoms with Crippen molar-refractivity contribution in [3.8, 4) is 5.75 Å². The smallest absolute Gasteiger partial charge is 0.253 e. The second kappa shape index (κ2) is 12.5. The fourth-order valence-corrected chi connectivity index (χ4v) is 2.84. The first-order chi connectivity index (χ1) is 14.5. The molecule has 0 aliphatic heterocycles. The van der Waals surface area contributed by atoms with E-state index in [9.17, 15) is 4.79 Å². The summed E-state index contributed by atoms with van der Waals surface area (Å²) in [5.41, 5.74) is 3.03. The predicted octanol–water partition coefficient (Wildman–Crippen LogP) is 3.48. The number of nitrogens with zero attached hydrogens (tertiary/aromatic N) is 2. The fraction of sp³-hybridized carbons (Fsp3) is 0.417. The van der Waals surface area contributed by atoms with Gasteiger partial charge in [-0.05, 0) is 48.2 Å². The molecule has 2 aromatic carbocycles. The van der Waals surface area contributed by atoms with E-state index in [1.54, 1.807) is 26.0 Å². The van der Waals surface area contributed by atoms with Gasteiger partial charge in [0.25, 0.3) is 5.91 Å². The molecule has 0 fully saturated rings. The lowest BCUT2D eigenvalue weighted by Crippen LogP contribution is -2.37. The average molecular weight is 411 g/mol. The molecule has 0 unspecified atom stereocenters. The molecule has 6 nitrogen and oxygen atoms in total. The van der Waals surface area contributed by atoms with Crippen LogP contribution in [0.4, 0.5) is 0 Å². The molecule has 0 aromatic heterocycles. The van der Waals surface area contributed by atoms with Gasteiger partial charge >= 0.3 is 0 Å². The van der Waals surface area contributed by atoms with Gasteiger partial charge in [-0.2, -0.15) is 0 Å². The normalized spacial score (nSPS) is 11.1. The number of carbonyl (C=O) groups is 1. The Hall–Kier alpha value is -3.02. The van der Waals surface area contributed by atoms with Crippen LogP contribution in [0.15, 0.2) is 53.5 Å². The highest BCUT2D eigenvalue weighted by molar-refractivity contribution is 5.93. The summed E-state index contributed by atoms with van der Waals surface area (Å²) >= 11 is 0. The molecule has 162 valence electrons. The van der Waals surface area contributed by atoms with E-state index in [2.05, 4.69) is 34.7 Å². The number of carbonyl (C=O) groups excluding carboxylic acids is 1. The Morgan fingerprint density at radius 1 is 1.00 bits per heavy atom. The summed E-state index contributed by atoms with van der Waals surface area (Å²) in [4.78, 5) is 17.8. The van der Waals surface area contributed by atoms with Gasteiger partial charge in [-0.25, -0.2) is 0 Å². The average Bonchev–Trinajstić information content (AvgIpc) is 2.77. The molecule has 30 heavy (non-hydrogen) atoms. The molecule has 2 aromatic rings. The number of nitrogens with one attached hydrogen (secondary N) is 2. The van der Waals surface area contributed by atoms with Crippen LogP contribution in [0.5, 0.6) is 5.75 Å². The van der Waals surface area contributed by atoms with E-state index in [0.717, 1.165) is 49.7 Å². The molecule has 0 heterocycles. The zero-order chi connectivity index (χ0) is 21.8. The highest BCUT2D eigenvalue weighted by atomic mass is 16.5. The zero-order valence-electron chi connectivity index (χ0n) is 18.6. The van der Waals surface area contributed by atoms with E-state index in [4.69, 9.17) is 4.74 Å². The van der Waals surface area contributed by atoms with Gasteiger partial charge in [-0.3, -0.25) is 9.79 Å². The van der Waals surface area contributed by atoms with E-state index >= 15 is 0 Å². The number of benzene rings is 2. The topological polar surface area (TPSA) is 66.0 Å². The Kier molecular flexibility index (Phi) is 9.71. The van der Waals surface area contributed by atoms with Crippen LogP contribution in [0, 0.1) is 0 Å². The van der Waals surface area contributed by atoms with Crippen LogP contribution in [0.1, 0.15) is 41.3 Å². The maximum absolute atomic E-state index is 12.0. The van der Waals surface area contributed by atoms with Crippen molar-refractivity contribution in [3.05, 3.63) is 65.2 Å². The minimum atomic E-state index is 0.00698. The summed E-state index contributed by atoms with van der Waals surface area (Å²) in [6.07, 6.45) is 3.12. The molecule has 6 heteroatoms. The largest absolute Gasteiger partial charge is 0.494 e. The molecule has 2 N–H and O–H groups in total. The van der Waals surface area contributed by atoms with Gasteiger partial charge in [0.2, 0.25) is 0 Å². The number of aliphatic imine (C=N–C) groups is 1. The first-order valence-electron chi connectivity index (χ1n) is 10.5. The number of guanidine groups is 1. The number of hydrogen-bond acceptors (Lipinski definition) is 3. The number of unbranched alkanes of at least 4 members (excludes halogenated alkanes) is 1. The Morgan fingerprint density at radius 2 is 1.67 bits per heavy atom. The first-order valence-corrected chi connectivity index (χ1v) is 10.5. The Bertz CT molecular complexity index is 799. The Balaban J connectivity index is 1.74. The van der Waals surface area contributed by atoms with Gasteiger partial charge in [-0.1, -0.05) is 37.6 Å². The van der Waals surface area contributed by atoms with Crippen LogP contribution in [0.2, 0.25) is 0 Å². The minimum Gasteiger partial charge on any atom is -0.494 e. The van der Waals surface area contributed by atoms with Crippen molar-refractivity contribution >= 4 is 11.9 Å². The number of amides is 1. The lowest BCUT2D eigenvalue weighted by molar-refractivity contribution is 0.0827. The van der Waals surface area contributed by atoms with Crippen molar-refractivity contribution in [2.24, 2.45) is 4.99 Å². The molecule has 0 atom stereocenters. The number of rotatable bonds is 10. The Labute approximate surface area is 180 Å². The van der Waals surface area contributed by atoms with Crippen molar-refractivity contribution in [3.63, 3.8) is 0 Å². The lowest BCUT2D eigenvalue weighted by atomic mass is 10.1. The van der Waals surface area contributed by atoms with Crippen molar-refractivity contribution in [1.82, 2.24) is 15.5 Å². The van der Waals surface area contributed by atoms with Gasteiger partial charge in [0.15, 0.2) is 5.96 Å². The SMILES string of the molecule is CCCCOc1ccc(CCNC(=NC)NCc2ccc(C(=O)N(C)C)cc2)cc1. The van der Waals surface area contributed by atoms with Crippen LogP contribution in [0.25, 0.3) is 0 Å². The minimum absolute atomic E-state index is 0.00698. The maximum atomic E-state index is 12.0. The van der Waals surface area contributed by atoms with Gasteiger partial charge in [0, 0.05) is 39.8 Å². The van der Waals surface area contributed by atoms with Gasteiger partial charge in [-0.15, -0.1) is 0 Å². The standard InChI is InChI=1S/C24H34N4O2/c1-5-6-17-30-22-13-9-19(10-14-22)15-16-26-24(25-2)27-18-20-7-11-21(12-8-20)23(29)28(3)4/h7-14H,5-6,15-18H2,1-4H3,(H2,25,26,27). The predicted molar refractivity (Wildman–Crippen MR) is 123 cm³/mol. The highest BCUT2D eigenvalue weighted by Gasteiger charge is 2.07. The second-order valence-electron chi connectivity index (χ2n) is 7.35. The molecular weight excluding hydrogens is 376 g/mol. The lowest BCUT2D eigenvalue weighted by Gasteiger charge is -2.13. The van der Waals surface area contributed by atoms with Crippen LogP contribution < -0.4 is 15.4 Å². The van der Waals surface area contributed by atoms with Crippen LogP contribution in [-0.4, -0.2) is 51.1 Å². The number of hydrogen-bond donors (Lipinski definition) is 2. The zero-order valence-corrected chi connectivity index (χ0v) is 18.6. The van der Waals surface area contributed by atoms with Crippen LogP contribution in [-0.2, 0) is 13.0 Å². The molecule has 0 aliphatic carbocycles. The summed E-state index contributed by atoms with van der Waals surface area (Å²) in [6, 6.07) is 15.9. The highest BCUT2D eigenvalue weighted by Crippen LogP contribution is 2.13. The van der Waals surface area contributed by atoms with Crippen LogP contribution in [0.3, 0.4) is 0 Å². The van der Waals surface area contributed by atoms with E-state index in [1.807, 2.05) is 36.4 Å². The molecule has 0 radical (unpaired) electrons. The molecule has 0 saturated carbocycles. The van der Waals surface area contributed by atoms with E-state index < -0.39 is 0 Å². The summed E-state index contributed by atoms with van der Waals surface area (Å²) < 4.78 is 5.70. The fourth-order valence-electron chi connectivity index (χ4n) is 2.84. The molecule has 0 aliphatic rings. The summed E-state index contributed by atoms with van der Waals surface area (Å²) in [6.45, 7) is 4.35. The second-order valence-corrected chi connectivity index (χ2v) is 7.35. The van der Waals surface area contributed by atoms with Crippen molar-refractivity contribution in [2.45, 2.75) is 32.7 Å². The third-order valence-electron chi connectivity index (χ3n) is 4.69. The molecule has 0 bridgehead atoms. The monoisotopic (exact) mass is 410 g/mol. The number of ether oxygens (including phenoxy) is 1. The summed E-state index contributed by atoms with van der Waals surface area (Å²) in [5, 5.41) is 6.64. The van der Waals surface area contributed by atoms with E-state index in [0.29, 0.717) is 12.1 Å². The quantitative estimate of drug-likeness (QED) is 0.358. The maximum Gasteiger partial charge on any atom is 0.253 e. The van der Waals surface area contributed by atoms with Crippen LogP contribution >= 0.6 is 0 Å².